The standard InChI is InChI=1S/C17H25N5O3/c1-11(2)22-6-3-4-17(15(22)25)5-7-21(10-17)14(24)9-12-8-13(23)20-16(18)19-12/h8,11H,3-7,9-10H2,1-2H3,(H3,18,19,20,23). The van der Waals surface area contributed by atoms with E-state index >= 15 is 0 Å². The molecule has 2 aliphatic rings. The van der Waals surface area contributed by atoms with E-state index in [9.17, 15) is 14.4 Å². The number of aromatic nitrogens is 2. The summed E-state index contributed by atoms with van der Waals surface area (Å²) in [6.07, 6.45) is 2.52. The van der Waals surface area contributed by atoms with Crippen LogP contribution in [-0.2, 0) is 16.0 Å². The minimum absolute atomic E-state index is 0.00299. The van der Waals surface area contributed by atoms with Crippen molar-refractivity contribution < 1.29 is 9.59 Å². The third-order valence-electron chi connectivity index (χ3n) is 5.24. The number of nitrogens with two attached hydrogens (primary N) is 1. The molecule has 3 rings (SSSR count). The maximum absolute atomic E-state index is 12.9. The van der Waals surface area contributed by atoms with Crippen molar-refractivity contribution in [2.75, 3.05) is 25.4 Å². The summed E-state index contributed by atoms with van der Waals surface area (Å²) in [5.41, 5.74) is 5.06. The molecule has 1 aromatic rings. The highest BCUT2D eigenvalue weighted by molar-refractivity contribution is 5.86. The summed E-state index contributed by atoms with van der Waals surface area (Å²) in [5, 5.41) is 0. The van der Waals surface area contributed by atoms with Gasteiger partial charge >= 0.3 is 0 Å². The predicted molar refractivity (Wildman–Crippen MR) is 92.7 cm³/mol. The van der Waals surface area contributed by atoms with Gasteiger partial charge in [0, 0.05) is 31.7 Å². The van der Waals surface area contributed by atoms with Crippen LogP contribution in [0.5, 0.6) is 0 Å². The fourth-order valence-corrected chi connectivity index (χ4v) is 3.94. The molecule has 0 aromatic carbocycles. The maximum atomic E-state index is 12.9. The number of rotatable bonds is 3. The summed E-state index contributed by atoms with van der Waals surface area (Å²) in [7, 11) is 0. The summed E-state index contributed by atoms with van der Waals surface area (Å²) >= 11 is 0. The van der Waals surface area contributed by atoms with Crippen LogP contribution in [0.4, 0.5) is 5.95 Å². The van der Waals surface area contributed by atoms with E-state index in [-0.39, 0.29) is 35.8 Å². The lowest BCUT2D eigenvalue weighted by molar-refractivity contribution is -0.148. The second-order valence-corrected chi connectivity index (χ2v) is 7.34. The second-order valence-electron chi connectivity index (χ2n) is 7.34. The first-order valence-electron chi connectivity index (χ1n) is 8.75. The lowest BCUT2D eigenvalue weighted by atomic mass is 9.78. The van der Waals surface area contributed by atoms with Crippen molar-refractivity contribution in [1.82, 2.24) is 19.8 Å². The number of nitrogens with zero attached hydrogens (tertiary/aromatic N) is 3. The number of aromatic amines is 1. The zero-order chi connectivity index (χ0) is 18.2. The van der Waals surface area contributed by atoms with Crippen LogP contribution in [-0.4, -0.2) is 57.3 Å². The Hall–Kier alpha value is -2.38. The number of hydrogen-bond acceptors (Lipinski definition) is 5. The van der Waals surface area contributed by atoms with Crippen LogP contribution in [0.25, 0.3) is 0 Å². The lowest BCUT2D eigenvalue weighted by Gasteiger charge is -2.41. The SMILES string of the molecule is CC(C)N1CCCC2(CCN(C(=O)Cc3cc(=O)[nH]c(N)n3)C2)C1=O. The van der Waals surface area contributed by atoms with Gasteiger partial charge in [0.15, 0.2) is 0 Å². The van der Waals surface area contributed by atoms with Gasteiger partial charge in [0.1, 0.15) is 0 Å². The first-order chi connectivity index (χ1) is 11.8. The number of carbonyl (C=O) groups excluding carboxylic acids is 2. The molecule has 1 aromatic heterocycles. The Morgan fingerprint density at radius 1 is 1.36 bits per heavy atom. The van der Waals surface area contributed by atoms with Gasteiger partial charge in [0.25, 0.3) is 5.56 Å². The van der Waals surface area contributed by atoms with E-state index in [4.69, 9.17) is 5.73 Å². The number of likely N-dealkylation sites (tertiary alicyclic amines) is 2. The molecule has 1 atom stereocenters. The Bertz CT molecular complexity index is 744. The van der Waals surface area contributed by atoms with E-state index < -0.39 is 5.41 Å². The van der Waals surface area contributed by atoms with E-state index in [1.54, 1.807) is 4.90 Å². The van der Waals surface area contributed by atoms with Gasteiger partial charge in [-0.15, -0.1) is 0 Å². The smallest absolute Gasteiger partial charge is 0.252 e. The summed E-state index contributed by atoms with van der Waals surface area (Å²) in [6.45, 7) is 5.86. The highest BCUT2D eigenvalue weighted by Gasteiger charge is 2.49. The number of anilines is 1. The van der Waals surface area contributed by atoms with Crippen molar-refractivity contribution in [1.29, 1.82) is 0 Å². The molecule has 2 amide bonds. The molecule has 3 N–H and O–H groups in total. The second kappa shape index (κ2) is 6.50. The Labute approximate surface area is 146 Å². The van der Waals surface area contributed by atoms with E-state index in [0.29, 0.717) is 25.2 Å². The van der Waals surface area contributed by atoms with Crippen LogP contribution in [0.2, 0.25) is 0 Å². The lowest BCUT2D eigenvalue weighted by Crippen LogP contribution is -2.52. The molecule has 0 aliphatic carbocycles. The number of hydrogen-bond donors (Lipinski definition) is 2. The quantitative estimate of drug-likeness (QED) is 0.808. The molecule has 2 saturated heterocycles. The molecular weight excluding hydrogens is 322 g/mol. The van der Waals surface area contributed by atoms with Gasteiger partial charge in [-0.2, -0.15) is 0 Å². The van der Waals surface area contributed by atoms with E-state index in [1.807, 2.05) is 18.7 Å². The molecule has 3 heterocycles. The largest absolute Gasteiger partial charge is 0.369 e. The highest BCUT2D eigenvalue weighted by atomic mass is 16.2. The zero-order valence-corrected chi connectivity index (χ0v) is 14.7. The fourth-order valence-electron chi connectivity index (χ4n) is 3.94. The van der Waals surface area contributed by atoms with Crippen LogP contribution in [0.3, 0.4) is 0 Å². The van der Waals surface area contributed by atoms with Crippen molar-refractivity contribution in [3.63, 3.8) is 0 Å². The number of nitrogen functional groups attached to an aromatic ring is 1. The third kappa shape index (κ3) is 3.38. The molecule has 1 spiro atoms. The number of amides is 2. The van der Waals surface area contributed by atoms with Crippen molar-refractivity contribution in [3.05, 3.63) is 22.1 Å². The summed E-state index contributed by atoms with van der Waals surface area (Å²) in [6, 6.07) is 1.46. The van der Waals surface area contributed by atoms with Crippen molar-refractivity contribution in [2.45, 2.75) is 45.6 Å². The first-order valence-corrected chi connectivity index (χ1v) is 8.75. The number of piperidine rings is 1. The monoisotopic (exact) mass is 347 g/mol. The Morgan fingerprint density at radius 3 is 2.80 bits per heavy atom. The molecule has 1 unspecified atom stereocenters. The third-order valence-corrected chi connectivity index (χ3v) is 5.24. The number of carbonyl (C=O) groups is 2. The van der Waals surface area contributed by atoms with Crippen LogP contribution in [0, 0.1) is 5.41 Å². The molecule has 0 saturated carbocycles. The molecule has 2 fully saturated rings. The Kier molecular flexibility index (Phi) is 4.53. The first kappa shape index (κ1) is 17.4. The van der Waals surface area contributed by atoms with Crippen molar-refractivity contribution >= 4 is 17.8 Å². The van der Waals surface area contributed by atoms with Crippen LogP contribution in [0.15, 0.2) is 10.9 Å². The number of H-pyrrole nitrogens is 1. The van der Waals surface area contributed by atoms with E-state index in [0.717, 1.165) is 19.4 Å². The molecule has 8 nitrogen and oxygen atoms in total. The molecular formula is C17H25N5O3. The maximum Gasteiger partial charge on any atom is 0.252 e. The van der Waals surface area contributed by atoms with Gasteiger partial charge in [0.2, 0.25) is 17.8 Å². The highest BCUT2D eigenvalue weighted by Crippen LogP contribution is 2.40. The average Bonchev–Trinajstić information content (AvgIpc) is 2.94. The summed E-state index contributed by atoms with van der Waals surface area (Å²) < 4.78 is 0. The van der Waals surface area contributed by atoms with Gasteiger partial charge in [-0.05, 0) is 33.1 Å². The van der Waals surface area contributed by atoms with Gasteiger partial charge in [0.05, 0.1) is 17.5 Å². The van der Waals surface area contributed by atoms with Crippen LogP contribution >= 0.6 is 0 Å². The molecule has 0 bridgehead atoms. The fraction of sp³-hybridized carbons (Fsp3) is 0.647. The van der Waals surface area contributed by atoms with Gasteiger partial charge < -0.3 is 15.5 Å². The predicted octanol–water partition coefficient (Wildman–Crippen LogP) is 0.144. The zero-order valence-electron chi connectivity index (χ0n) is 14.7. The topological polar surface area (TPSA) is 112 Å². The molecule has 136 valence electrons. The van der Waals surface area contributed by atoms with Gasteiger partial charge in [-0.25, -0.2) is 4.98 Å². The minimum Gasteiger partial charge on any atom is -0.369 e. The normalized spacial score (nSPS) is 23.7. The average molecular weight is 347 g/mol. The van der Waals surface area contributed by atoms with Crippen molar-refractivity contribution in [3.8, 4) is 0 Å². The Balaban J connectivity index is 1.70. The van der Waals surface area contributed by atoms with Gasteiger partial charge in [-0.3, -0.25) is 19.4 Å². The molecule has 0 radical (unpaired) electrons. The Morgan fingerprint density at radius 2 is 2.12 bits per heavy atom. The molecule has 25 heavy (non-hydrogen) atoms. The van der Waals surface area contributed by atoms with Gasteiger partial charge in [-0.1, -0.05) is 0 Å². The van der Waals surface area contributed by atoms with Crippen molar-refractivity contribution in [2.24, 2.45) is 5.41 Å². The summed E-state index contributed by atoms with van der Waals surface area (Å²) in [5.74, 6) is 0.0506. The van der Waals surface area contributed by atoms with E-state index in [2.05, 4.69) is 9.97 Å². The molecule has 2 aliphatic heterocycles. The molecule has 8 heteroatoms. The number of nitrogens with one attached hydrogen (secondary N) is 1. The van der Waals surface area contributed by atoms with E-state index in [1.165, 1.54) is 6.07 Å². The summed E-state index contributed by atoms with van der Waals surface area (Å²) in [4.78, 5) is 47.0. The minimum atomic E-state index is -0.446. The van der Waals surface area contributed by atoms with Crippen LogP contribution < -0.4 is 11.3 Å². The van der Waals surface area contributed by atoms with Crippen LogP contribution in [0.1, 0.15) is 38.8 Å².